The van der Waals surface area contributed by atoms with Gasteiger partial charge < -0.3 is 10.5 Å². The highest BCUT2D eigenvalue weighted by Gasteiger charge is 2.16. The molecule has 1 unspecified atom stereocenters. The average Bonchev–Trinajstić information content (AvgIpc) is 2.27. The molecule has 0 fully saturated rings. The van der Waals surface area contributed by atoms with Gasteiger partial charge in [-0.1, -0.05) is 36.2 Å². The molecule has 1 rings (SSSR count). The van der Waals surface area contributed by atoms with Crippen LogP contribution in [-0.2, 0) is 0 Å². The molecule has 0 aliphatic carbocycles. The van der Waals surface area contributed by atoms with Gasteiger partial charge in [0.1, 0.15) is 5.75 Å². The van der Waals surface area contributed by atoms with E-state index >= 15 is 0 Å². The average molecular weight is 309 g/mol. The molecule has 0 aliphatic rings. The third-order valence-corrected chi connectivity index (χ3v) is 3.54. The summed E-state index contributed by atoms with van der Waals surface area (Å²) in [5, 5.41) is 0. The fourth-order valence-electron chi connectivity index (χ4n) is 1.46. The zero-order chi connectivity index (χ0) is 11.4. The van der Waals surface area contributed by atoms with E-state index in [0.29, 0.717) is 5.92 Å². The maximum Gasteiger partial charge on any atom is 0.119 e. The van der Waals surface area contributed by atoms with E-state index in [1.165, 1.54) is 0 Å². The Kier molecular flexibility index (Phi) is 7.04. The summed E-state index contributed by atoms with van der Waals surface area (Å²) in [6.07, 6.45) is 1.07. The van der Waals surface area contributed by atoms with Crippen molar-refractivity contribution in [1.29, 1.82) is 0 Å². The summed E-state index contributed by atoms with van der Waals surface area (Å²) >= 11 is 3.52. The van der Waals surface area contributed by atoms with Crippen LogP contribution in [0.25, 0.3) is 0 Å². The second kappa shape index (κ2) is 7.15. The molecule has 0 heterocycles. The topological polar surface area (TPSA) is 35.2 Å². The molecular formula is C12H19BrClNO. The predicted octanol–water partition coefficient (Wildman–Crippen LogP) is 3.93. The highest BCUT2D eigenvalue weighted by atomic mass is 79.9. The lowest BCUT2D eigenvalue weighted by molar-refractivity contribution is 0.410. The number of rotatable bonds is 4. The highest BCUT2D eigenvalue weighted by molar-refractivity contribution is 9.10. The minimum absolute atomic E-state index is 0. The van der Waals surface area contributed by atoms with Gasteiger partial charge in [0.25, 0.3) is 0 Å². The first-order chi connectivity index (χ1) is 7.10. The van der Waals surface area contributed by atoms with Crippen LogP contribution >= 0.6 is 28.3 Å². The van der Waals surface area contributed by atoms with Gasteiger partial charge in [-0.05, 0) is 29.7 Å². The van der Waals surface area contributed by atoms with E-state index in [2.05, 4.69) is 29.8 Å². The summed E-state index contributed by atoms with van der Waals surface area (Å²) in [5.41, 5.74) is 7.30. The summed E-state index contributed by atoms with van der Waals surface area (Å²) < 4.78 is 6.25. The van der Waals surface area contributed by atoms with Crippen LogP contribution in [-0.4, -0.2) is 7.11 Å². The van der Waals surface area contributed by atoms with Crippen molar-refractivity contribution in [1.82, 2.24) is 0 Å². The fraction of sp³-hybridized carbons (Fsp3) is 0.500. The van der Waals surface area contributed by atoms with Gasteiger partial charge >= 0.3 is 0 Å². The third-order valence-electron chi connectivity index (χ3n) is 2.82. The van der Waals surface area contributed by atoms with Crippen LogP contribution in [0.3, 0.4) is 0 Å². The van der Waals surface area contributed by atoms with E-state index in [-0.39, 0.29) is 18.4 Å². The summed E-state index contributed by atoms with van der Waals surface area (Å²) in [6.45, 7) is 4.31. The Morgan fingerprint density at radius 2 is 2.06 bits per heavy atom. The Morgan fingerprint density at radius 3 is 2.56 bits per heavy atom. The number of halogens is 2. The fourth-order valence-corrected chi connectivity index (χ4v) is 1.98. The van der Waals surface area contributed by atoms with Crippen LogP contribution in [0.1, 0.15) is 31.9 Å². The maximum atomic E-state index is 6.19. The number of hydrogen-bond donors (Lipinski definition) is 1. The van der Waals surface area contributed by atoms with Crippen LogP contribution in [0, 0.1) is 5.92 Å². The van der Waals surface area contributed by atoms with E-state index in [1.807, 2.05) is 18.2 Å². The molecule has 1 aromatic carbocycles. The molecular weight excluding hydrogens is 289 g/mol. The molecule has 4 heteroatoms. The van der Waals surface area contributed by atoms with E-state index in [9.17, 15) is 0 Å². The molecule has 1 aromatic rings. The lowest BCUT2D eigenvalue weighted by Crippen LogP contribution is -2.19. The molecule has 2 nitrogen and oxygen atoms in total. The zero-order valence-electron chi connectivity index (χ0n) is 9.87. The molecule has 92 valence electrons. The molecule has 0 amide bonds. The van der Waals surface area contributed by atoms with Gasteiger partial charge in [-0.15, -0.1) is 12.4 Å². The molecule has 2 atom stereocenters. The first kappa shape index (κ1) is 15.8. The Balaban J connectivity index is 0.00000225. The number of hydrogen-bond acceptors (Lipinski definition) is 2. The Morgan fingerprint density at radius 1 is 1.44 bits per heavy atom. The smallest absolute Gasteiger partial charge is 0.119 e. The summed E-state index contributed by atoms with van der Waals surface area (Å²) in [7, 11) is 1.67. The molecule has 0 saturated carbocycles. The van der Waals surface area contributed by atoms with E-state index in [4.69, 9.17) is 10.5 Å². The van der Waals surface area contributed by atoms with Gasteiger partial charge in [-0.2, -0.15) is 0 Å². The van der Waals surface area contributed by atoms with Gasteiger partial charge in [0.15, 0.2) is 0 Å². The molecule has 16 heavy (non-hydrogen) atoms. The molecule has 0 aromatic heterocycles. The Hall–Kier alpha value is -0.250. The lowest BCUT2D eigenvalue weighted by atomic mass is 9.93. The van der Waals surface area contributed by atoms with Crippen molar-refractivity contribution in [3.05, 3.63) is 28.2 Å². The molecule has 0 aliphatic heterocycles. The number of nitrogens with two attached hydrogens (primary N) is 1. The van der Waals surface area contributed by atoms with Gasteiger partial charge in [0, 0.05) is 10.5 Å². The first-order valence-electron chi connectivity index (χ1n) is 5.19. The quantitative estimate of drug-likeness (QED) is 0.915. The molecule has 0 spiro atoms. The van der Waals surface area contributed by atoms with E-state index in [1.54, 1.807) is 7.11 Å². The molecule has 0 saturated heterocycles. The maximum absolute atomic E-state index is 6.19. The summed E-state index contributed by atoms with van der Waals surface area (Å²) in [6, 6.07) is 5.97. The SMILES string of the molecule is CCC(C)[C@@H](N)c1cc(OC)ccc1Br.Cl. The minimum atomic E-state index is 0. The summed E-state index contributed by atoms with van der Waals surface area (Å²) in [5.74, 6) is 1.32. The van der Waals surface area contributed by atoms with Crippen molar-refractivity contribution >= 4 is 28.3 Å². The molecule has 0 radical (unpaired) electrons. The zero-order valence-corrected chi connectivity index (χ0v) is 12.3. The number of methoxy groups -OCH3 is 1. The van der Waals surface area contributed by atoms with Crippen molar-refractivity contribution in [2.75, 3.05) is 7.11 Å². The third kappa shape index (κ3) is 3.65. The lowest BCUT2D eigenvalue weighted by Gasteiger charge is -2.20. The second-order valence-electron chi connectivity index (χ2n) is 3.80. The second-order valence-corrected chi connectivity index (χ2v) is 4.65. The standard InChI is InChI=1S/C12H18BrNO.ClH/c1-4-8(2)12(14)10-7-9(15-3)5-6-11(10)13;/h5-8,12H,4,14H2,1-3H3;1H/t8?,12-;/m1./s1. The van der Waals surface area contributed by atoms with Crippen LogP contribution in [0.2, 0.25) is 0 Å². The predicted molar refractivity (Wildman–Crippen MR) is 74.3 cm³/mol. The molecule has 0 bridgehead atoms. The van der Waals surface area contributed by atoms with Crippen molar-refractivity contribution in [3.63, 3.8) is 0 Å². The first-order valence-corrected chi connectivity index (χ1v) is 5.98. The van der Waals surface area contributed by atoms with Crippen molar-refractivity contribution < 1.29 is 4.74 Å². The van der Waals surface area contributed by atoms with Crippen molar-refractivity contribution in [2.24, 2.45) is 11.7 Å². The van der Waals surface area contributed by atoms with Gasteiger partial charge in [-0.25, -0.2) is 0 Å². The van der Waals surface area contributed by atoms with Crippen LogP contribution < -0.4 is 10.5 Å². The molecule has 2 N–H and O–H groups in total. The Labute approximate surface area is 112 Å². The highest BCUT2D eigenvalue weighted by Crippen LogP contribution is 2.31. The van der Waals surface area contributed by atoms with Gasteiger partial charge in [-0.3, -0.25) is 0 Å². The van der Waals surface area contributed by atoms with E-state index < -0.39 is 0 Å². The van der Waals surface area contributed by atoms with Crippen molar-refractivity contribution in [3.8, 4) is 5.75 Å². The monoisotopic (exact) mass is 307 g/mol. The van der Waals surface area contributed by atoms with Crippen LogP contribution in [0.15, 0.2) is 22.7 Å². The van der Waals surface area contributed by atoms with Crippen molar-refractivity contribution in [2.45, 2.75) is 26.3 Å². The van der Waals surface area contributed by atoms with Gasteiger partial charge in [0.05, 0.1) is 7.11 Å². The van der Waals surface area contributed by atoms with Gasteiger partial charge in [0.2, 0.25) is 0 Å². The summed E-state index contributed by atoms with van der Waals surface area (Å²) in [4.78, 5) is 0. The number of ether oxygens (including phenoxy) is 1. The minimum Gasteiger partial charge on any atom is -0.497 e. The number of benzene rings is 1. The largest absolute Gasteiger partial charge is 0.497 e. The van der Waals surface area contributed by atoms with E-state index in [0.717, 1.165) is 22.2 Å². The normalized spacial score (nSPS) is 13.8. The Bertz CT molecular complexity index is 333. The van der Waals surface area contributed by atoms with Crippen LogP contribution in [0.5, 0.6) is 5.75 Å². The van der Waals surface area contributed by atoms with Crippen LogP contribution in [0.4, 0.5) is 0 Å².